The Morgan fingerprint density at radius 2 is 2.31 bits per heavy atom. The molecule has 2 nitrogen and oxygen atoms in total. The fourth-order valence-corrected chi connectivity index (χ4v) is 3.30. The number of anilines is 2. The molecular weight excluding hydrogens is 240 g/mol. The topological polar surface area (TPSA) is 38.0 Å². The van der Waals surface area contributed by atoms with Gasteiger partial charge in [0.15, 0.2) is 0 Å². The number of nitrogens with one attached hydrogen (secondary N) is 1. The number of para-hydroxylation sites is 1. The number of thioether (sulfide) groups is 1. The third kappa shape index (κ3) is 2.98. The van der Waals surface area contributed by atoms with Gasteiger partial charge >= 0.3 is 0 Å². The van der Waals surface area contributed by atoms with Crippen molar-refractivity contribution in [1.82, 2.24) is 0 Å². The van der Waals surface area contributed by atoms with Gasteiger partial charge in [0.25, 0.3) is 0 Å². The second-order valence-electron chi connectivity index (χ2n) is 4.07. The summed E-state index contributed by atoms with van der Waals surface area (Å²) in [5.74, 6) is 1.29. The molecule has 1 fully saturated rings. The maximum Gasteiger partial charge on any atom is 0.0739 e. The van der Waals surface area contributed by atoms with Gasteiger partial charge in [-0.15, -0.1) is 0 Å². The molecule has 2 rings (SSSR count). The number of halogens is 1. The molecule has 1 heterocycles. The Kier molecular flexibility index (Phi) is 4.24. The Morgan fingerprint density at radius 1 is 1.44 bits per heavy atom. The van der Waals surface area contributed by atoms with Gasteiger partial charge in [0, 0.05) is 11.8 Å². The highest BCUT2D eigenvalue weighted by Crippen LogP contribution is 2.29. The minimum atomic E-state index is 0.626. The van der Waals surface area contributed by atoms with Crippen molar-refractivity contribution in [2.75, 3.05) is 23.3 Å². The summed E-state index contributed by atoms with van der Waals surface area (Å²) >= 11 is 8.02. The summed E-state index contributed by atoms with van der Waals surface area (Å²) in [5.41, 5.74) is 7.51. The van der Waals surface area contributed by atoms with Gasteiger partial charge in [-0.25, -0.2) is 0 Å². The monoisotopic (exact) mass is 256 g/mol. The van der Waals surface area contributed by atoms with Crippen molar-refractivity contribution in [3.63, 3.8) is 0 Å². The van der Waals surface area contributed by atoms with Gasteiger partial charge in [-0.1, -0.05) is 24.1 Å². The van der Waals surface area contributed by atoms with E-state index in [-0.39, 0.29) is 0 Å². The van der Waals surface area contributed by atoms with Gasteiger partial charge in [0.1, 0.15) is 0 Å². The maximum absolute atomic E-state index is 5.97. The summed E-state index contributed by atoms with van der Waals surface area (Å²) < 4.78 is 0. The molecule has 88 valence electrons. The quantitative estimate of drug-likeness (QED) is 0.812. The van der Waals surface area contributed by atoms with Gasteiger partial charge in [-0.2, -0.15) is 11.8 Å². The van der Waals surface area contributed by atoms with Crippen LogP contribution < -0.4 is 11.1 Å². The van der Waals surface area contributed by atoms with E-state index in [2.05, 4.69) is 17.1 Å². The van der Waals surface area contributed by atoms with Crippen LogP contribution in [0.15, 0.2) is 18.2 Å². The van der Waals surface area contributed by atoms with Gasteiger partial charge in [-0.3, -0.25) is 0 Å². The molecule has 0 amide bonds. The van der Waals surface area contributed by atoms with Gasteiger partial charge < -0.3 is 11.1 Å². The molecule has 0 bridgehead atoms. The Labute approximate surface area is 106 Å². The molecule has 1 aromatic carbocycles. The van der Waals surface area contributed by atoms with Crippen LogP contribution in [0.3, 0.4) is 0 Å². The lowest BCUT2D eigenvalue weighted by Crippen LogP contribution is -2.20. The predicted octanol–water partition coefficient (Wildman–Crippen LogP) is 3.62. The maximum atomic E-state index is 5.97. The molecule has 1 saturated heterocycles. The molecule has 16 heavy (non-hydrogen) atoms. The second kappa shape index (κ2) is 5.69. The summed E-state index contributed by atoms with van der Waals surface area (Å²) in [6, 6.07) is 5.72. The van der Waals surface area contributed by atoms with E-state index in [1.165, 1.54) is 25.0 Å². The third-order valence-corrected chi connectivity index (χ3v) is 4.57. The van der Waals surface area contributed by atoms with Crippen LogP contribution in [-0.2, 0) is 0 Å². The van der Waals surface area contributed by atoms with Crippen LogP contribution in [0.4, 0.5) is 11.4 Å². The molecule has 0 saturated carbocycles. The van der Waals surface area contributed by atoms with Crippen LogP contribution in [0.25, 0.3) is 0 Å². The SMILES string of the molecule is Nc1c(Cl)cccc1NCC1CCCCS1. The van der Waals surface area contributed by atoms with Crippen molar-refractivity contribution in [2.45, 2.75) is 24.5 Å². The first kappa shape index (κ1) is 11.9. The number of hydrogen-bond acceptors (Lipinski definition) is 3. The minimum absolute atomic E-state index is 0.626. The van der Waals surface area contributed by atoms with Crippen LogP contribution in [0.5, 0.6) is 0 Å². The molecule has 0 aromatic heterocycles. The zero-order chi connectivity index (χ0) is 11.4. The lowest BCUT2D eigenvalue weighted by atomic mass is 10.2. The minimum Gasteiger partial charge on any atom is -0.396 e. The lowest BCUT2D eigenvalue weighted by molar-refractivity contribution is 0.677. The van der Waals surface area contributed by atoms with E-state index in [1.54, 1.807) is 0 Å². The highest BCUT2D eigenvalue weighted by molar-refractivity contribution is 7.99. The number of rotatable bonds is 3. The van der Waals surface area contributed by atoms with Crippen molar-refractivity contribution in [3.05, 3.63) is 23.2 Å². The van der Waals surface area contributed by atoms with Crippen molar-refractivity contribution >= 4 is 34.7 Å². The molecule has 4 heteroatoms. The molecule has 1 aliphatic heterocycles. The van der Waals surface area contributed by atoms with E-state index in [1.807, 2.05) is 18.2 Å². The van der Waals surface area contributed by atoms with Crippen LogP contribution in [-0.4, -0.2) is 17.5 Å². The van der Waals surface area contributed by atoms with Crippen molar-refractivity contribution < 1.29 is 0 Å². The van der Waals surface area contributed by atoms with Gasteiger partial charge in [0.05, 0.1) is 16.4 Å². The van der Waals surface area contributed by atoms with Gasteiger partial charge in [0.2, 0.25) is 0 Å². The zero-order valence-corrected chi connectivity index (χ0v) is 10.8. The molecule has 0 aliphatic carbocycles. The molecule has 3 N–H and O–H groups in total. The molecule has 1 aromatic rings. The van der Waals surface area contributed by atoms with E-state index >= 15 is 0 Å². The zero-order valence-electron chi connectivity index (χ0n) is 9.21. The molecule has 1 aliphatic rings. The number of nitrogens with two attached hydrogens (primary N) is 1. The highest BCUT2D eigenvalue weighted by Gasteiger charge is 2.14. The first-order chi connectivity index (χ1) is 7.77. The highest BCUT2D eigenvalue weighted by atomic mass is 35.5. The third-order valence-electron chi connectivity index (χ3n) is 2.85. The van der Waals surface area contributed by atoms with E-state index in [4.69, 9.17) is 17.3 Å². The molecule has 1 unspecified atom stereocenters. The second-order valence-corrected chi connectivity index (χ2v) is 5.89. The fourth-order valence-electron chi connectivity index (χ4n) is 1.88. The average Bonchev–Trinajstić information content (AvgIpc) is 2.32. The van der Waals surface area contributed by atoms with E-state index in [0.717, 1.165) is 12.2 Å². The fraction of sp³-hybridized carbons (Fsp3) is 0.500. The van der Waals surface area contributed by atoms with Crippen molar-refractivity contribution in [2.24, 2.45) is 0 Å². The summed E-state index contributed by atoms with van der Waals surface area (Å²) in [5, 5.41) is 4.73. The Hall–Kier alpha value is -0.540. The normalized spacial score (nSPS) is 20.7. The number of hydrogen-bond donors (Lipinski definition) is 2. The smallest absolute Gasteiger partial charge is 0.0739 e. The Bertz CT molecular complexity index is 351. The first-order valence-corrected chi connectivity index (χ1v) is 7.09. The standard InChI is InChI=1S/C12H17ClN2S/c13-10-5-3-6-11(12(10)14)15-8-9-4-1-2-7-16-9/h3,5-6,9,15H,1-2,4,7-8,14H2. The summed E-state index contributed by atoms with van der Waals surface area (Å²) in [7, 11) is 0. The summed E-state index contributed by atoms with van der Waals surface area (Å²) in [6.07, 6.45) is 4.02. The van der Waals surface area contributed by atoms with Gasteiger partial charge in [-0.05, 0) is 30.7 Å². The number of nitrogen functional groups attached to an aromatic ring is 1. The molecule has 0 radical (unpaired) electrons. The van der Waals surface area contributed by atoms with Crippen LogP contribution >= 0.6 is 23.4 Å². The number of benzene rings is 1. The summed E-state index contributed by atoms with van der Waals surface area (Å²) in [4.78, 5) is 0. The molecule has 0 spiro atoms. The van der Waals surface area contributed by atoms with Crippen molar-refractivity contribution in [1.29, 1.82) is 0 Å². The lowest BCUT2D eigenvalue weighted by Gasteiger charge is -2.22. The summed E-state index contributed by atoms with van der Waals surface area (Å²) in [6.45, 7) is 0.981. The first-order valence-electron chi connectivity index (χ1n) is 5.67. The van der Waals surface area contributed by atoms with E-state index in [9.17, 15) is 0 Å². The Balaban J connectivity index is 1.91. The molecular formula is C12H17ClN2S. The van der Waals surface area contributed by atoms with Crippen LogP contribution in [0.1, 0.15) is 19.3 Å². The van der Waals surface area contributed by atoms with E-state index < -0.39 is 0 Å². The average molecular weight is 257 g/mol. The van der Waals surface area contributed by atoms with Crippen LogP contribution in [0, 0.1) is 0 Å². The van der Waals surface area contributed by atoms with Crippen LogP contribution in [0.2, 0.25) is 5.02 Å². The Morgan fingerprint density at radius 3 is 3.06 bits per heavy atom. The largest absolute Gasteiger partial charge is 0.396 e. The van der Waals surface area contributed by atoms with Crippen molar-refractivity contribution in [3.8, 4) is 0 Å². The van der Waals surface area contributed by atoms with E-state index in [0.29, 0.717) is 16.0 Å². The predicted molar refractivity (Wildman–Crippen MR) is 74.5 cm³/mol. The molecule has 1 atom stereocenters.